The lowest BCUT2D eigenvalue weighted by atomic mass is 10.2. The molecule has 0 aliphatic rings. The monoisotopic (exact) mass is 348 g/mol. The average molecular weight is 348 g/mol. The molecule has 0 radical (unpaired) electrons. The summed E-state index contributed by atoms with van der Waals surface area (Å²) in [6.07, 6.45) is -3.05. The fourth-order valence-corrected chi connectivity index (χ4v) is 2.33. The third kappa shape index (κ3) is 4.91. The summed E-state index contributed by atoms with van der Waals surface area (Å²) in [6, 6.07) is 0.541. The lowest BCUT2D eigenvalue weighted by Gasteiger charge is -2.16. The van der Waals surface area contributed by atoms with E-state index < -0.39 is 17.9 Å². The van der Waals surface area contributed by atoms with Gasteiger partial charge in [0.25, 0.3) is 0 Å². The van der Waals surface area contributed by atoms with Gasteiger partial charge in [-0.15, -0.1) is 5.10 Å². The molecular weight excluding hydrogens is 333 g/mol. The van der Waals surface area contributed by atoms with E-state index in [1.54, 1.807) is 6.92 Å². The number of nitrogens with zero attached hydrogens (tertiary/aromatic N) is 4. The quantitative estimate of drug-likeness (QED) is 0.869. The van der Waals surface area contributed by atoms with Crippen LogP contribution in [-0.4, -0.2) is 31.9 Å². The van der Waals surface area contributed by atoms with E-state index in [-0.39, 0.29) is 19.0 Å². The minimum atomic E-state index is -4.45. The molecule has 0 aliphatic carbocycles. The number of hydrogen-bond acceptors (Lipinski definition) is 5. The SMILES string of the molecule is Cc1cc(C(F)(F)F)n(CC(C)CNC(=O)Nc2cnns2)n1. The van der Waals surface area contributed by atoms with Gasteiger partial charge in [0.15, 0.2) is 0 Å². The van der Waals surface area contributed by atoms with E-state index in [0.29, 0.717) is 10.7 Å². The summed E-state index contributed by atoms with van der Waals surface area (Å²) in [4.78, 5) is 11.6. The summed E-state index contributed by atoms with van der Waals surface area (Å²) in [6.45, 7) is 3.48. The number of carbonyl (C=O) groups is 1. The van der Waals surface area contributed by atoms with Crippen molar-refractivity contribution < 1.29 is 18.0 Å². The predicted octanol–water partition coefficient (Wildman–Crippen LogP) is 2.52. The summed E-state index contributed by atoms with van der Waals surface area (Å²) in [5.74, 6) is -0.235. The molecule has 0 aliphatic heterocycles. The highest BCUT2D eigenvalue weighted by atomic mass is 32.1. The number of rotatable bonds is 5. The third-order valence-corrected chi connectivity index (χ3v) is 3.47. The normalized spacial score (nSPS) is 12.9. The molecule has 2 heterocycles. The van der Waals surface area contributed by atoms with E-state index in [1.165, 1.54) is 13.1 Å². The van der Waals surface area contributed by atoms with E-state index in [2.05, 4.69) is 25.3 Å². The number of nitrogens with one attached hydrogen (secondary N) is 2. The zero-order valence-corrected chi connectivity index (χ0v) is 13.2. The molecule has 1 unspecified atom stereocenters. The van der Waals surface area contributed by atoms with Crippen LogP contribution in [0.3, 0.4) is 0 Å². The van der Waals surface area contributed by atoms with Gasteiger partial charge in [-0.25, -0.2) is 4.79 Å². The molecule has 2 rings (SSSR count). The second kappa shape index (κ2) is 6.94. The number of urea groups is 1. The van der Waals surface area contributed by atoms with Gasteiger partial charge in [-0.2, -0.15) is 18.3 Å². The van der Waals surface area contributed by atoms with Gasteiger partial charge in [-0.3, -0.25) is 10.00 Å². The van der Waals surface area contributed by atoms with Gasteiger partial charge in [0.1, 0.15) is 10.7 Å². The molecule has 0 fully saturated rings. The third-order valence-electron chi connectivity index (χ3n) is 2.89. The van der Waals surface area contributed by atoms with Crippen molar-refractivity contribution in [1.82, 2.24) is 24.7 Å². The predicted molar refractivity (Wildman–Crippen MR) is 78.1 cm³/mol. The van der Waals surface area contributed by atoms with Crippen molar-refractivity contribution in [2.75, 3.05) is 11.9 Å². The van der Waals surface area contributed by atoms with Gasteiger partial charge in [0, 0.05) is 24.6 Å². The summed E-state index contributed by atoms with van der Waals surface area (Å²) in [7, 11) is 0. The van der Waals surface area contributed by atoms with Crippen LogP contribution in [0.25, 0.3) is 0 Å². The smallest absolute Gasteiger partial charge is 0.338 e. The summed E-state index contributed by atoms with van der Waals surface area (Å²) < 4.78 is 43.2. The zero-order chi connectivity index (χ0) is 17.0. The molecule has 126 valence electrons. The highest BCUT2D eigenvalue weighted by Gasteiger charge is 2.35. The molecule has 2 aromatic heterocycles. The van der Waals surface area contributed by atoms with Crippen LogP contribution < -0.4 is 10.6 Å². The molecule has 2 N–H and O–H groups in total. The lowest BCUT2D eigenvalue weighted by Crippen LogP contribution is -2.33. The minimum absolute atomic E-state index is 0.0467. The Morgan fingerprint density at radius 3 is 2.83 bits per heavy atom. The maximum absolute atomic E-state index is 12.9. The number of halogens is 3. The minimum Gasteiger partial charge on any atom is -0.338 e. The van der Waals surface area contributed by atoms with Crippen molar-refractivity contribution in [2.24, 2.45) is 5.92 Å². The van der Waals surface area contributed by atoms with Gasteiger partial charge in [0.05, 0.1) is 11.9 Å². The number of alkyl halides is 3. The molecule has 1 atom stereocenters. The standard InChI is InChI=1S/C12H15F3N6OS/c1-7(4-16-11(22)18-10-5-17-20-23-10)6-21-9(12(13,14)15)3-8(2)19-21/h3,5,7H,4,6H2,1-2H3,(H2,16,18,22). The fraction of sp³-hybridized carbons (Fsp3) is 0.500. The van der Waals surface area contributed by atoms with Gasteiger partial charge in [-0.05, 0) is 18.9 Å². The van der Waals surface area contributed by atoms with E-state index in [4.69, 9.17) is 0 Å². The Hall–Kier alpha value is -2.17. The maximum Gasteiger partial charge on any atom is 0.433 e. The van der Waals surface area contributed by atoms with Crippen molar-refractivity contribution in [2.45, 2.75) is 26.6 Å². The zero-order valence-electron chi connectivity index (χ0n) is 12.4. The van der Waals surface area contributed by atoms with Crippen molar-refractivity contribution in [1.29, 1.82) is 0 Å². The van der Waals surface area contributed by atoms with Crippen LogP contribution >= 0.6 is 11.5 Å². The maximum atomic E-state index is 12.9. The van der Waals surface area contributed by atoms with Crippen molar-refractivity contribution >= 4 is 22.6 Å². The first kappa shape index (κ1) is 17.2. The Balaban J connectivity index is 1.87. The van der Waals surface area contributed by atoms with Crippen LogP contribution in [0, 0.1) is 12.8 Å². The summed E-state index contributed by atoms with van der Waals surface area (Å²) in [5.41, 5.74) is -0.491. The Labute approximate surface area is 134 Å². The van der Waals surface area contributed by atoms with Crippen molar-refractivity contribution in [3.63, 3.8) is 0 Å². The van der Waals surface area contributed by atoms with E-state index in [9.17, 15) is 18.0 Å². The van der Waals surface area contributed by atoms with Crippen LogP contribution in [0.5, 0.6) is 0 Å². The fourth-order valence-electron chi connectivity index (χ4n) is 1.92. The molecular formula is C12H15F3N6OS. The molecule has 7 nitrogen and oxygen atoms in total. The first-order chi connectivity index (χ1) is 10.8. The van der Waals surface area contributed by atoms with Crippen LogP contribution in [-0.2, 0) is 12.7 Å². The van der Waals surface area contributed by atoms with Gasteiger partial charge in [-0.1, -0.05) is 11.4 Å². The second-order valence-electron chi connectivity index (χ2n) is 5.07. The molecule has 0 saturated carbocycles. The Morgan fingerprint density at radius 2 is 2.22 bits per heavy atom. The highest BCUT2D eigenvalue weighted by molar-refractivity contribution is 7.10. The van der Waals surface area contributed by atoms with Crippen LogP contribution in [0.15, 0.2) is 12.3 Å². The molecule has 0 saturated heterocycles. The average Bonchev–Trinajstić information content (AvgIpc) is 3.05. The highest BCUT2D eigenvalue weighted by Crippen LogP contribution is 2.30. The number of hydrogen-bond donors (Lipinski definition) is 2. The van der Waals surface area contributed by atoms with Gasteiger partial charge >= 0.3 is 12.2 Å². The second-order valence-corrected chi connectivity index (χ2v) is 5.86. The topological polar surface area (TPSA) is 84.7 Å². The number of aryl methyl sites for hydroxylation is 1. The van der Waals surface area contributed by atoms with Crippen LogP contribution in [0.4, 0.5) is 23.0 Å². The Bertz CT molecular complexity index is 654. The summed E-state index contributed by atoms with van der Waals surface area (Å²) >= 11 is 1.02. The number of amides is 2. The molecule has 2 aromatic rings. The largest absolute Gasteiger partial charge is 0.433 e. The molecule has 2 amide bonds. The van der Waals surface area contributed by atoms with Crippen molar-refractivity contribution in [3.8, 4) is 0 Å². The van der Waals surface area contributed by atoms with E-state index in [1.807, 2.05) is 0 Å². The number of anilines is 1. The number of carbonyl (C=O) groups excluding carboxylic acids is 1. The van der Waals surface area contributed by atoms with Gasteiger partial charge < -0.3 is 5.32 Å². The molecule has 0 bridgehead atoms. The van der Waals surface area contributed by atoms with Crippen LogP contribution in [0.2, 0.25) is 0 Å². The number of aromatic nitrogens is 4. The van der Waals surface area contributed by atoms with Crippen LogP contribution in [0.1, 0.15) is 18.3 Å². The van der Waals surface area contributed by atoms with E-state index >= 15 is 0 Å². The van der Waals surface area contributed by atoms with Crippen molar-refractivity contribution in [3.05, 3.63) is 23.7 Å². The Kier molecular flexibility index (Phi) is 5.19. The Morgan fingerprint density at radius 1 is 1.48 bits per heavy atom. The first-order valence-corrected chi connectivity index (χ1v) is 7.47. The lowest BCUT2D eigenvalue weighted by molar-refractivity contribution is -0.144. The van der Waals surface area contributed by atoms with Gasteiger partial charge in [0.2, 0.25) is 0 Å². The molecule has 11 heteroatoms. The molecule has 0 spiro atoms. The molecule has 0 aromatic carbocycles. The molecule has 23 heavy (non-hydrogen) atoms. The first-order valence-electron chi connectivity index (χ1n) is 6.69. The summed E-state index contributed by atoms with van der Waals surface area (Å²) in [5, 5.41) is 13.0. The van der Waals surface area contributed by atoms with E-state index in [0.717, 1.165) is 22.3 Å².